The maximum absolute atomic E-state index is 12.7. The van der Waals surface area contributed by atoms with E-state index in [-0.39, 0.29) is 36.0 Å². The van der Waals surface area contributed by atoms with E-state index in [2.05, 4.69) is 83.1 Å². The van der Waals surface area contributed by atoms with E-state index in [0.717, 1.165) is 0 Å². The second-order valence-electron chi connectivity index (χ2n) is 17.2. The number of carbonyl (C=O) groups is 3. The van der Waals surface area contributed by atoms with Crippen molar-refractivity contribution in [1.29, 1.82) is 0 Å². The highest BCUT2D eigenvalue weighted by atomic mass is 16.7. The predicted octanol–water partition coefficient (Wildman–Crippen LogP) is 5.73. The molecule has 0 N–H and O–H groups in total. The van der Waals surface area contributed by atoms with Crippen molar-refractivity contribution in [3.05, 3.63) is 0 Å². The van der Waals surface area contributed by atoms with E-state index < -0.39 is 40.6 Å². The first-order valence-corrected chi connectivity index (χ1v) is 16.1. The number of piperidine rings is 3. The van der Waals surface area contributed by atoms with E-state index in [0.29, 0.717) is 38.5 Å². The van der Waals surface area contributed by atoms with Gasteiger partial charge in [0, 0.05) is 72.3 Å². The van der Waals surface area contributed by atoms with E-state index >= 15 is 0 Å². The van der Waals surface area contributed by atoms with E-state index in [9.17, 15) is 14.4 Å². The normalized spacial score (nSPS) is 26.7. The predicted molar refractivity (Wildman–Crippen MR) is 170 cm³/mol. The highest BCUT2D eigenvalue weighted by Crippen LogP contribution is 2.44. The van der Waals surface area contributed by atoms with Crippen LogP contribution >= 0.6 is 0 Å². The van der Waals surface area contributed by atoms with Crippen LogP contribution in [-0.4, -0.2) is 91.3 Å². The molecule has 0 atom stereocenters. The van der Waals surface area contributed by atoms with E-state index in [1.54, 1.807) is 20.8 Å². The molecule has 9 nitrogen and oxygen atoms in total. The largest absolute Gasteiger partial charge is 0.640 e. The molecule has 0 bridgehead atoms. The molecule has 43 heavy (non-hydrogen) atoms. The summed E-state index contributed by atoms with van der Waals surface area (Å²) < 4.78 is 20.3. The van der Waals surface area contributed by atoms with Gasteiger partial charge >= 0.3 is 7.32 Å². The molecule has 0 saturated carbocycles. The highest BCUT2D eigenvalue weighted by Gasteiger charge is 2.53. The Balaban J connectivity index is 1.91. The molecule has 3 heterocycles. The average molecular weight is 606 g/mol. The molecule has 0 aromatic heterocycles. The monoisotopic (exact) mass is 605 g/mol. The number of hydrogen-bond acceptors (Lipinski definition) is 6. The second-order valence-corrected chi connectivity index (χ2v) is 17.2. The number of carbonyl (C=O) groups excluding carboxylic acids is 3. The summed E-state index contributed by atoms with van der Waals surface area (Å²) in [6, 6.07) is 0. The van der Waals surface area contributed by atoms with E-state index in [1.165, 1.54) is 0 Å². The first-order chi connectivity index (χ1) is 19.2. The molecule has 3 saturated heterocycles. The number of hydrogen-bond donors (Lipinski definition) is 0. The van der Waals surface area contributed by atoms with Crippen LogP contribution in [0.2, 0.25) is 0 Å². The summed E-state index contributed by atoms with van der Waals surface area (Å²) in [5.41, 5.74) is -2.44. The third kappa shape index (κ3) is 7.60. The van der Waals surface area contributed by atoms with Crippen LogP contribution in [0, 0.1) is 0 Å². The first kappa shape index (κ1) is 35.8. The minimum atomic E-state index is -0.929. The number of amides is 3. The molecule has 0 spiro atoms. The maximum atomic E-state index is 12.7. The van der Waals surface area contributed by atoms with Gasteiger partial charge in [0.2, 0.25) is 17.7 Å². The summed E-state index contributed by atoms with van der Waals surface area (Å²) in [6.07, 6.45) is 3.33. The molecule has 0 unspecified atom stereocenters. The van der Waals surface area contributed by atoms with Crippen LogP contribution in [0.4, 0.5) is 0 Å². The highest BCUT2D eigenvalue weighted by molar-refractivity contribution is 6.36. The zero-order chi connectivity index (χ0) is 33.1. The third-order valence-electron chi connectivity index (χ3n) is 9.85. The van der Waals surface area contributed by atoms with Gasteiger partial charge in [0.25, 0.3) is 0 Å². The van der Waals surface area contributed by atoms with Crippen LogP contribution < -0.4 is 0 Å². The molecule has 3 amide bonds. The summed E-state index contributed by atoms with van der Waals surface area (Å²) in [7, 11) is -0.929. The SMILES string of the molecule is CC(=O)N1C(C)(C)CC(OB(OC2CC(C)(C)N(C(C)=O)C(C)(C)C2)OC2CC(C)(C)N(C(C)=O)C(C)(C)C2)CC1(C)C. The van der Waals surface area contributed by atoms with Gasteiger partial charge in [-0.15, -0.1) is 0 Å². The Morgan fingerprint density at radius 3 is 0.744 bits per heavy atom. The average Bonchev–Trinajstić information content (AvgIpc) is 2.65. The lowest BCUT2D eigenvalue weighted by atomic mass is 9.76. The smallest absolute Gasteiger partial charge is 0.383 e. The Kier molecular flexibility index (Phi) is 9.68. The Hall–Kier alpha value is -1.65. The van der Waals surface area contributed by atoms with E-state index in [4.69, 9.17) is 14.0 Å². The van der Waals surface area contributed by atoms with Crippen LogP contribution in [0.25, 0.3) is 0 Å². The van der Waals surface area contributed by atoms with Gasteiger partial charge in [-0.3, -0.25) is 14.4 Å². The van der Waals surface area contributed by atoms with Gasteiger partial charge in [0.05, 0.1) is 0 Å². The lowest BCUT2D eigenvalue weighted by Gasteiger charge is -2.56. The zero-order valence-corrected chi connectivity index (χ0v) is 29.8. The number of nitrogens with zero attached hydrogens (tertiary/aromatic N) is 3. The fraction of sp³-hybridized carbons (Fsp3) is 0.909. The number of likely N-dealkylation sites (tertiary alicyclic amines) is 3. The molecule has 246 valence electrons. The zero-order valence-electron chi connectivity index (χ0n) is 29.8. The third-order valence-corrected chi connectivity index (χ3v) is 9.85. The minimum Gasteiger partial charge on any atom is -0.383 e. The molecule has 3 aliphatic heterocycles. The molecule has 0 aliphatic carbocycles. The van der Waals surface area contributed by atoms with Gasteiger partial charge in [-0.25, -0.2) is 0 Å². The summed E-state index contributed by atoms with van der Waals surface area (Å²) in [6.45, 7) is 30.0. The van der Waals surface area contributed by atoms with Gasteiger partial charge in [0.1, 0.15) is 0 Å². The fourth-order valence-corrected chi connectivity index (χ4v) is 9.98. The Labute approximate surface area is 261 Å². The van der Waals surface area contributed by atoms with Crippen molar-refractivity contribution in [2.24, 2.45) is 0 Å². The fourth-order valence-electron chi connectivity index (χ4n) is 9.98. The Morgan fingerprint density at radius 1 is 0.442 bits per heavy atom. The van der Waals surface area contributed by atoms with Gasteiger partial charge in [0.15, 0.2) is 0 Å². The standard InChI is InChI=1S/C33H60BN3O6/c1-22(38)35-28(4,5)16-25(17-29(35,6)7)41-34(42-26-18-30(8,9)36(23(2)39)31(10,11)19-26)43-27-20-32(12,13)37(24(3)40)33(14,15)21-27/h25-27H,16-21H2,1-15H3. The van der Waals surface area contributed by atoms with Gasteiger partial charge in [-0.1, -0.05) is 0 Å². The second kappa shape index (κ2) is 11.6. The van der Waals surface area contributed by atoms with Crippen LogP contribution in [-0.2, 0) is 28.3 Å². The van der Waals surface area contributed by atoms with Crippen molar-refractivity contribution < 1.29 is 28.3 Å². The lowest BCUT2D eigenvalue weighted by molar-refractivity contribution is -0.158. The summed E-state index contributed by atoms with van der Waals surface area (Å²) in [5.74, 6) is 0.169. The van der Waals surface area contributed by atoms with Crippen molar-refractivity contribution in [3.63, 3.8) is 0 Å². The lowest BCUT2D eigenvalue weighted by Crippen LogP contribution is -2.66. The van der Waals surface area contributed by atoms with Crippen LogP contribution in [0.1, 0.15) is 142 Å². The van der Waals surface area contributed by atoms with Crippen LogP contribution in [0.3, 0.4) is 0 Å². The molecular formula is C33H60BN3O6. The molecule has 10 heteroatoms. The molecule has 0 aromatic rings. The molecule has 3 aliphatic rings. The molecule has 0 aromatic carbocycles. The Bertz CT molecular complexity index is 897. The van der Waals surface area contributed by atoms with Gasteiger partial charge in [-0.2, -0.15) is 0 Å². The van der Waals surface area contributed by atoms with Crippen molar-refractivity contribution >= 4 is 25.0 Å². The van der Waals surface area contributed by atoms with Gasteiger partial charge < -0.3 is 28.7 Å². The number of rotatable bonds is 6. The molecular weight excluding hydrogens is 545 g/mol. The van der Waals surface area contributed by atoms with Crippen LogP contribution in [0.5, 0.6) is 0 Å². The minimum absolute atomic E-state index is 0.0564. The van der Waals surface area contributed by atoms with Crippen molar-refractivity contribution in [3.8, 4) is 0 Å². The van der Waals surface area contributed by atoms with E-state index in [1.807, 2.05) is 14.7 Å². The topological polar surface area (TPSA) is 88.6 Å². The summed E-state index contributed by atoms with van der Waals surface area (Å²) in [4.78, 5) is 43.9. The Morgan fingerprint density at radius 2 is 0.605 bits per heavy atom. The quantitative estimate of drug-likeness (QED) is 0.360. The van der Waals surface area contributed by atoms with Crippen molar-refractivity contribution in [1.82, 2.24) is 14.7 Å². The van der Waals surface area contributed by atoms with Crippen molar-refractivity contribution in [2.45, 2.75) is 194 Å². The maximum Gasteiger partial charge on any atom is 0.640 e. The molecule has 3 fully saturated rings. The summed E-state index contributed by atoms with van der Waals surface area (Å²) >= 11 is 0. The first-order valence-electron chi connectivity index (χ1n) is 16.1. The van der Waals surface area contributed by atoms with Crippen LogP contribution in [0.15, 0.2) is 0 Å². The summed E-state index contributed by atoms with van der Waals surface area (Å²) in [5, 5.41) is 0. The molecule has 3 rings (SSSR count). The van der Waals surface area contributed by atoms with Gasteiger partial charge in [-0.05, 0) is 122 Å². The molecule has 0 radical (unpaired) electrons. The van der Waals surface area contributed by atoms with Crippen molar-refractivity contribution in [2.75, 3.05) is 0 Å².